The molecule has 3 heteroatoms. The number of hydrogen-bond donors (Lipinski definition) is 0. The first-order valence-corrected chi connectivity index (χ1v) is 5.92. The Morgan fingerprint density at radius 3 is 2.21 bits per heavy atom. The molecule has 0 amide bonds. The van der Waals surface area contributed by atoms with E-state index >= 15 is 0 Å². The molecule has 2 aromatic carbocycles. The lowest BCUT2D eigenvalue weighted by molar-refractivity contribution is 0.372. The zero-order valence-corrected chi connectivity index (χ0v) is 10.8. The molecule has 0 fully saturated rings. The predicted molar refractivity (Wildman–Crippen MR) is 73.1 cm³/mol. The van der Waals surface area contributed by atoms with E-state index in [-0.39, 0.29) is 11.3 Å². The summed E-state index contributed by atoms with van der Waals surface area (Å²) in [5.41, 5.74) is 1.87. The van der Waals surface area contributed by atoms with Crippen molar-refractivity contribution in [3.8, 4) is 16.9 Å². The van der Waals surface area contributed by atoms with Crippen molar-refractivity contribution in [2.75, 3.05) is 7.11 Å². The van der Waals surface area contributed by atoms with Gasteiger partial charge in [0.2, 0.25) is 5.82 Å². The number of ether oxygens (including phenoxy) is 1. The monoisotopic (exact) mass is 260 g/mol. The average Bonchev–Trinajstić information content (AvgIpc) is 2.43. The van der Waals surface area contributed by atoms with Crippen LogP contribution in [0.15, 0.2) is 42.5 Å². The van der Waals surface area contributed by atoms with Gasteiger partial charge in [0, 0.05) is 5.56 Å². The maximum absolute atomic E-state index is 13.9. The molecule has 98 valence electrons. The van der Waals surface area contributed by atoms with E-state index in [1.165, 1.54) is 19.2 Å². The van der Waals surface area contributed by atoms with Crippen LogP contribution in [-0.4, -0.2) is 7.11 Å². The van der Waals surface area contributed by atoms with Gasteiger partial charge in [-0.05, 0) is 30.2 Å². The molecule has 1 nitrogen and oxygen atoms in total. The van der Waals surface area contributed by atoms with Gasteiger partial charge >= 0.3 is 0 Å². The van der Waals surface area contributed by atoms with Crippen LogP contribution in [0.4, 0.5) is 8.78 Å². The Bertz CT molecular complexity index is 601. The number of halogens is 2. The molecule has 0 bridgehead atoms. The van der Waals surface area contributed by atoms with Crippen LogP contribution in [0.3, 0.4) is 0 Å². The van der Waals surface area contributed by atoms with Crippen LogP contribution in [0.25, 0.3) is 17.2 Å². The summed E-state index contributed by atoms with van der Waals surface area (Å²) < 4.78 is 32.3. The van der Waals surface area contributed by atoms with Crippen molar-refractivity contribution in [2.24, 2.45) is 0 Å². The number of benzene rings is 2. The van der Waals surface area contributed by atoms with E-state index < -0.39 is 11.6 Å². The van der Waals surface area contributed by atoms with E-state index in [0.29, 0.717) is 5.56 Å². The predicted octanol–water partition coefficient (Wildman–Crippen LogP) is 4.67. The molecule has 0 radical (unpaired) electrons. The Labute approximate surface area is 111 Å². The zero-order chi connectivity index (χ0) is 13.8. The first kappa shape index (κ1) is 13.3. The van der Waals surface area contributed by atoms with Gasteiger partial charge in [-0.2, -0.15) is 4.39 Å². The van der Waals surface area contributed by atoms with E-state index in [2.05, 4.69) is 0 Å². The summed E-state index contributed by atoms with van der Waals surface area (Å²) in [4.78, 5) is 0. The highest BCUT2D eigenvalue weighted by molar-refractivity contribution is 5.67. The van der Waals surface area contributed by atoms with E-state index in [4.69, 9.17) is 4.74 Å². The fourth-order valence-corrected chi connectivity index (χ4v) is 1.88. The molecule has 0 aliphatic heterocycles. The van der Waals surface area contributed by atoms with Crippen molar-refractivity contribution in [2.45, 2.75) is 6.92 Å². The van der Waals surface area contributed by atoms with Gasteiger partial charge in [-0.25, -0.2) is 4.39 Å². The van der Waals surface area contributed by atoms with Gasteiger partial charge in [-0.1, -0.05) is 36.4 Å². The molecule has 0 atom stereocenters. The topological polar surface area (TPSA) is 9.23 Å². The second-order valence-electron chi connectivity index (χ2n) is 4.07. The van der Waals surface area contributed by atoms with E-state index in [0.717, 1.165) is 5.56 Å². The maximum Gasteiger partial charge on any atom is 0.201 e. The standard InChI is InChI=1S/C16H14F2O/c1-3-4-11-5-7-12(8-6-11)13-9-10-14(19-2)16(18)15(13)17/h3-10H,1-2H3/b4-3-. The summed E-state index contributed by atoms with van der Waals surface area (Å²) >= 11 is 0. The Balaban J connectivity index is 2.44. The molecule has 0 N–H and O–H groups in total. The van der Waals surface area contributed by atoms with Gasteiger partial charge in [0.15, 0.2) is 11.6 Å². The van der Waals surface area contributed by atoms with Crippen molar-refractivity contribution in [3.05, 3.63) is 59.7 Å². The minimum absolute atomic E-state index is 0.0909. The normalized spacial score (nSPS) is 10.9. The number of allylic oxidation sites excluding steroid dienone is 1. The molecule has 0 aliphatic rings. The first-order chi connectivity index (χ1) is 9.17. The number of methoxy groups -OCH3 is 1. The molecule has 0 aliphatic carbocycles. The van der Waals surface area contributed by atoms with Crippen LogP contribution in [0.5, 0.6) is 5.75 Å². The number of rotatable bonds is 3. The van der Waals surface area contributed by atoms with Crippen molar-refractivity contribution < 1.29 is 13.5 Å². The van der Waals surface area contributed by atoms with Crippen LogP contribution in [0.2, 0.25) is 0 Å². The third-order valence-corrected chi connectivity index (χ3v) is 2.85. The lowest BCUT2D eigenvalue weighted by atomic mass is 10.0. The van der Waals surface area contributed by atoms with Gasteiger partial charge in [0.25, 0.3) is 0 Å². The zero-order valence-electron chi connectivity index (χ0n) is 10.8. The Morgan fingerprint density at radius 2 is 1.63 bits per heavy atom. The Hall–Kier alpha value is -2.16. The van der Waals surface area contributed by atoms with Crippen LogP contribution in [0, 0.1) is 11.6 Å². The third-order valence-electron chi connectivity index (χ3n) is 2.85. The van der Waals surface area contributed by atoms with Crippen molar-refractivity contribution in [1.82, 2.24) is 0 Å². The minimum atomic E-state index is -0.961. The second kappa shape index (κ2) is 5.65. The summed E-state index contributed by atoms with van der Waals surface area (Å²) in [7, 11) is 1.31. The lowest BCUT2D eigenvalue weighted by Crippen LogP contribution is -1.94. The fraction of sp³-hybridized carbons (Fsp3) is 0.125. The Kier molecular flexibility index (Phi) is 3.95. The molecule has 19 heavy (non-hydrogen) atoms. The van der Waals surface area contributed by atoms with Crippen LogP contribution >= 0.6 is 0 Å². The maximum atomic E-state index is 13.9. The summed E-state index contributed by atoms with van der Waals surface area (Å²) in [5.74, 6) is -1.94. The molecule has 0 unspecified atom stereocenters. The smallest absolute Gasteiger partial charge is 0.201 e. The van der Waals surface area contributed by atoms with Crippen LogP contribution in [0.1, 0.15) is 12.5 Å². The third kappa shape index (κ3) is 2.65. The fourth-order valence-electron chi connectivity index (χ4n) is 1.88. The highest BCUT2D eigenvalue weighted by Gasteiger charge is 2.14. The largest absolute Gasteiger partial charge is 0.494 e. The van der Waals surface area contributed by atoms with Crippen molar-refractivity contribution in [1.29, 1.82) is 0 Å². The van der Waals surface area contributed by atoms with Crippen LogP contribution < -0.4 is 4.74 Å². The highest BCUT2D eigenvalue weighted by atomic mass is 19.2. The van der Waals surface area contributed by atoms with Gasteiger partial charge in [-0.15, -0.1) is 0 Å². The summed E-state index contributed by atoms with van der Waals surface area (Å²) in [5, 5.41) is 0. The SMILES string of the molecule is C/C=C\c1ccc(-c2ccc(OC)c(F)c2F)cc1. The second-order valence-corrected chi connectivity index (χ2v) is 4.07. The quantitative estimate of drug-likeness (QED) is 0.779. The van der Waals surface area contributed by atoms with Gasteiger partial charge in [0.1, 0.15) is 0 Å². The van der Waals surface area contributed by atoms with E-state index in [1.54, 1.807) is 12.1 Å². The van der Waals surface area contributed by atoms with E-state index in [9.17, 15) is 8.78 Å². The molecule has 0 saturated carbocycles. The van der Waals surface area contributed by atoms with Crippen molar-refractivity contribution >= 4 is 6.08 Å². The lowest BCUT2D eigenvalue weighted by Gasteiger charge is -2.08. The molecular weight excluding hydrogens is 246 g/mol. The van der Waals surface area contributed by atoms with Gasteiger partial charge in [0.05, 0.1) is 7.11 Å². The van der Waals surface area contributed by atoms with E-state index in [1.807, 2.05) is 31.2 Å². The van der Waals surface area contributed by atoms with Crippen LogP contribution in [-0.2, 0) is 0 Å². The average molecular weight is 260 g/mol. The van der Waals surface area contributed by atoms with Gasteiger partial charge < -0.3 is 4.74 Å². The summed E-state index contributed by atoms with van der Waals surface area (Å²) in [6.45, 7) is 1.92. The number of hydrogen-bond acceptors (Lipinski definition) is 1. The Morgan fingerprint density at radius 1 is 0.947 bits per heavy atom. The summed E-state index contributed by atoms with van der Waals surface area (Å²) in [6, 6.07) is 10.2. The molecule has 2 aromatic rings. The molecule has 0 heterocycles. The first-order valence-electron chi connectivity index (χ1n) is 5.92. The van der Waals surface area contributed by atoms with Gasteiger partial charge in [-0.3, -0.25) is 0 Å². The molecule has 0 spiro atoms. The highest BCUT2D eigenvalue weighted by Crippen LogP contribution is 2.29. The molecule has 0 aromatic heterocycles. The van der Waals surface area contributed by atoms with Crippen molar-refractivity contribution in [3.63, 3.8) is 0 Å². The summed E-state index contributed by atoms with van der Waals surface area (Å²) in [6.07, 6.45) is 3.86. The molecule has 2 rings (SSSR count). The minimum Gasteiger partial charge on any atom is -0.494 e. The molecular formula is C16H14F2O. The molecule has 0 saturated heterocycles.